The molecule has 2 N–H and O–H groups in total. The summed E-state index contributed by atoms with van der Waals surface area (Å²) < 4.78 is 0. The van der Waals surface area contributed by atoms with Crippen molar-refractivity contribution < 1.29 is 9.59 Å². The smallest absolute Gasteiger partial charge is 0.244 e. The SMILES string of the molecule is C[C@@H](NC1CC(=O)NC1=O)c1cccnc1. The Bertz CT molecular complexity index is 405. The number of aromatic nitrogens is 1. The van der Waals surface area contributed by atoms with Gasteiger partial charge in [0.05, 0.1) is 12.5 Å². The summed E-state index contributed by atoms with van der Waals surface area (Å²) in [5.74, 6) is -0.471. The molecule has 1 saturated heterocycles. The fourth-order valence-electron chi connectivity index (χ4n) is 1.72. The van der Waals surface area contributed by atoms with Gasteiger partial charge < -0.3 is 0 Å². The second-order valence-corrected chi connectivity index (χ2v) is 3.84. The van der Waals surface area contributed by atoms with Gasteiger partial charge in [0.1, 0.15) is 0 Å². The highest BCUT2D eigenvalue weighted by molar-refractivity contribution is 6.05. The first-order chi connectivity index (χ1) is 7.66. The first-order valence-corrected chi connectivity index (χ1v) is 5.16. The van der Waals surface area contributed by atoms with E-state index < -0.39 is 6.04 Å². The molecule has 0 saturated carbocycles. The van der Waals surface area contributed by atoms with Crippen molar-refractivity contribution in [3.8, 4) is 0 Å². The zero-order chi connectivity index (χ0) is 11.5. The van der Waals surface area contributed by atoms with Crippen LogP contribution in [-0.2, 0) is 9.59 Å². The van der Waals surface area contributed by atoms with Gasteiger partial charge in [-0.2, -0.15) is 0 Å². The number of hydrogen-bond acceptors (Lipinski definition) is 4. The van der Waals surface area contributed by atoms with E-state index in [4.69, 9.17) is 0 Å². The molecule has 0 aromatic carbocycles. The molecule has 0 aliphatic carbocycles. The van der Waals surface area contributed by atoms with E-state index in [9.17, 15) is 9.59 Å². The fourth-order valence-corrected chi connectivity index (χ4v) is 1.72. The average molecular weight is 219 g/mol. The van der Waals surface area contributed by atoms with Crippen molar-refractivity contribution in [1.29, 1.82) is 0 Å². The van der Waals surface area contributed by atoms with E-state index >= 15 is 0 Å². The van der Waals surface area contributed by atoms with Gasteiger partial charge in [0, 0.05) is 18.4 Å². The quantitative estimate of drug-likeness (QED) is 0.710. The van der Waals surface area contributed by atoms with E-state index in [1.165, 1.54) is 0 Å². The fraction of sp³-hybridized carbons (Fsp3) is 0.364. The van der Waals surface area contributed by atoms with Crippen LogP contribution in [0.25, 0.3) is 0 Å². The van der Waals surface area contributed by atoms with Crippen molar-refractivity contribution >= 4 is 11.8 Å². The van der Waals surface area contributed by atoms with Gasteiger partial charge in [-0.05, 0) is 18.6 Å². The summed E-state index contributed by atoms with van der Waals surface area (Å²) >= 11 is 0. The molecule has 2 rings (SSSR count). The Kier molecular flexibility index (Phi) is 2.96. The lowest BCUT2D eigenvalue weighted by atomic mass is 10.1. The molecule has 0 spiro atoms. The van der Waals surface area contributed by atoms with Crippen LogP contribution >= 0.6 is 0 Å². The van der Waals surface area contributed by atoms with Crippen molar-refractivity contribution in [1.82, 2.24) is 15.6 Å². The van der Waals surface area contributed by atoms with E-state index in [-0.39, 0.29) is 24.3 Å². The van der Waals surface area contributed by atoms with E-state index in [1.807, 2.05) is 19.1 Å². The van der Waals surface area contributed by atoms with Gasteiger partial charge in [-0.1, -0.05) is 6.07 Å². The molecule has 1 aromatic heterocycles. The predicted octanol–water partition coefficient (Wildman–Crippen LogP) is 0.147. The maximum atomic E-state index is 11.3. The average Bonchev–Trinajstić information content (AvgIpc) is 2.59. The molecule has 1 aliphatic heterocycles. The van der Waals surface area contributed by atoms with E-state index in [0.717, 1.165) is 5.56 Å². The van der Waals surface area contributed by atoms with Crippen LogP contribution in [0, 0.1) is 0 Å². The van der Waals surface area contributed by atoms with Crippen LogP contribution in [0.5, 0.6) is 0 Å². The van der Waals surface area contributed by atoms with Gasteiger partial charge >= 0.3 is 0 Å². The minimum atomic E-state index is -0.428. The van der Waals surface area contributed by atoms with E-state index in [2.05, 4.69) is 15.6 Å². The highest BCUT2D eigenvalue weighted by atomic mass is 16.2. The summed E-state index contributed by atoms with van der Waals surface area (Å²) in [6.07, 6.45) is 3.65. The van der Waals surface area contributed by atoms with Crippen LogP contribution in [0.1, 0.15) is 24.9 Å². The van der Waals surface area contributed by atoms with Crippen molar-refractivity contribution in [2.75, 3.05) is 0 Å². The van der Waals surface area contributed by atoms with Crippen LogP contribution in [-0.4, -0.2) is 22.8 Å². The molecular weight excluding hydrogens is 206 g/mol. The highest BCUT2D eigenvalue weighted by Crippen LogP contribution is 2.13. The third-order valence-corrected chi connectivity index (χ3v) is 2.60. The lowest BCUT2D eigenvalue weighted by molar-refractivity contribution is -0.125. The number of pyridine rings is 1. The third-order valence-electron chi connectivity index (χ3n) is 2.60. The molecule has 0 bridgehead atoms. The van der Waals surface area contributed by atoms with Crippen molar-refractivity contribution in [3.05, 3.63) is 30.1 Å². The maximum absolute atomic E-state index is 11.3. The van der Waals surface area contributed by atoms with Crippen molar-refractivity contribution in [2.24, 2.45) is 0 Å². The number of hydrogen-bond donors (Lipinski definition) is 2. The Morgan fingerprint density at radius 3 is 2.94 bits per heavy atom. The molecule has 2 heterocycles. The molecule has 16 heavy (non-hydrogen) atoms. The van der Waals surface area contributed by atoms with Crippen LogP contribution in [0.15, 0.2) is 24.5 Å². The number of carbonyl (C=O) groups is 2. The maximum Gasteiger partial charge on any atom is 0.244 e. The molecule has 84 valence electrons. The van der Waals surface area contributed by atoms with Gasteiger partial charge in [0.25, 0.3) is 0 Å². The van der Waals surface area contributed by atoms with Gasteiger partial charge in [0.2, 0.25) is 11.8 Å². The summed E-state index contributed by atoms with van der Waals surface area (Å²) in [5.41, 5.74) is 0.995. The molecule has 1 unspecified atom stereocenters. The predicted molar refractivity (Wildman–Crippen MR) is 57.3 cm³/mol. The van der Waals surface area contributed by atoms with Crippen LogP contribution in [0.3, 0.4) is 0 Å². The normalized spacial score (nSPS) is 21.9. The van der Waals surface area contributed by atoms with Gasteiger partial charge in [-0.25, -0.2) is 0 Å². The number of amides is 2. The number of carbonyl (C=O) groups excluding carboxylic acids is 2. The molecular formula is C11H13N3O2. The van der Waals surface area contributed by atoms with Crippen LogP contribution < -0.4 is 10.6 Å². The Labute approximate surface area is 93.3 Å². The highest BCUT2D eigenvalue weighted by Gasteiger charge is 2.31. The summed E-state index contributed by atoms with van der Waals surface area (Å²) in [4.78, 5) is 26.3. The third kappa shape index (κ3) is 2.25. The molecule has 0 radical (unpaired) electrons. The zero-order valence-electron chi connectivity index (χ0n) is 8.93. The lowest BCUT2D eigenvalue weighted by Crippen LogP contribution is -2.37. The molecule has 5 heteroatoms. The zero-order valence-corrected chi connectivity index (χ0v) is 8.93. The summed E-state index contributed by atoms with van der Waals surface area (Å²) in [6.45, 7) is 1.94. The van der Waals surface area contributed by atoms with Crippen LogP contribution in [0.2, 0.25) is 0 Å². The topological polar surface area (TPSA) is 71.1 Å². The number of rotatable bonds is 3. The van der Waals surface area contributed by atoms with Crippen LogP contribution in [0.4, 0.5) is 0 Å². The standard InChI is InChI=1S/C11H13N3O2/c1-7(8-3-2-4-12-6-8)13-9-5-10(15)14-11(9)16/h2-4,6-7,9,13H,5H2,1H3,(H,14,15,16)/t7-,9?/m1/s1. The van der Waals surface area contributed by atoms with Gasteiger partial charge in [-0.15, -0.1) is 0 Å². The molecule has 2 atom stereocenters. The lowest BCUT2D eigenvalue weighted by Gasteiger charge is -2.16. The number of nitrogens with zero attached hydrogens (tertiary/aromatic N) is 1. The first kappa shape index (κ1) is 10.8. The monoisotopic (exact) mass is 219 g/mol. The second-order valence-electron chi connectivity index (χ2n) is 3.84. The van der Waals surface area contributed by atoms with E-state index in [0.29, 0.717) is 0 Å². The molecule has 2 amide bonds. The van der Waals surface area contributed by atoms with Gasteiger partial charge in [0.15, 0.2) is 0 Å². The largest absolute Gasteiger partial charge is 0.299 e. The molecule has 5 nitrogen and oxygen atoms in total. The Balaban J connectivity index is 2.00. The Morgan fingerprint density at radius 1 is 1.56 bits per heavy atom. The molecule has 1 aliphatic rings. The summed E-state index contributed by atoms with van der Waals surface area (Å²) in [7, 11) is 0. The Hall–Kier alpha value is -1.75. The summed E-state index contributed by atoms with van der Waals surface area (Å²) in [6, 6.07) is 3.34. The Morgan fingerprint density at radius 2 is 2.38 bits per heavy atom. The minimum Gasteiger partial charge on any atom is -0.299 e. The first-order valence-electron chi connectivity index (χ1n) is 5.16. The second kappa shape index (κ2) is 4.40. The van der Waals surface area contributed by atoms with Crippen molar-refractivity contribution in [2.45, 2.75) is 25.4 Å². The van der Waals surface area contributed by atoms with Crippen molar-refractivity contribution in [3.63, 3.8) is 0 Å². The number of nitrogens with one attached hydrogen (secondary N) is 2. The summed E-state index contributed by atoms with van der Waals surface area (Å²) in [5, 5.41) is 5.37. The van der Waals surface area contributed by atoms with E-state index in [1.54, 1.807) is 12.4 Å². The molecule has 1 aromatic rings. The number of imide groups is 1. The molecule has 1 fully saturated rings. The minimum absolute atomic E-state index is 0.00431. The van der Waals surface area contributed by atoms with Gasteiger partial charge in [-0.3, -0.25) is 25.2 Å².